The molecule has 0 radical (unpaired) electrons. The molecule has 1 amide bonds. The molecule has 0 bridgehead atoms. The summed E-state index contributed by atoms with van der Waals surface area (Å²) in [5, 5.41) is 21.5. The van der Waals surface area contributed by atoms with E-state index in [1.54, 1.807) is 32.9 Å². The number of benzene rings is 1. The molecule has 184 valence electrons. The number of ether oxygens (including phenoxy) is 2. The zero-order valence-electron chi connectivity index (χ0n) is 18.9. The average Bonchev–Trinajstić information content (AvgIpc) is 2.66. The fourth-order valence-electron chi connectivity index (χ4n) is 2.33. The first-order valence-electron chi connectivity index (χ1n) is 9.99. The van der Waals surface area contributed by atoms with Crippen LogP contribution < -0.4 is 15.4 Å². The average molecular weight is 487 g/mol. The van der Waals surface area contributed by atoms with Gasteiger partial charge in [-0.2, -0.15) is 0 Å². The van der Waals surface area contributed by atoms with Crippen LogP contribution >= 0.6 is 0 Å². The van der Waals surface area contributed by atoms with Gasteiger partial charge in [0.05, 0.1) is 11.4 Å². The van der Waals surface area contributed by atoms with Gasteiger partial charge in [-0.1, -0.05) is 17.7 Å². The Kier molecular flexibility index (Phi) is 10.1. The van der Waals surface area contributed by atoms with E-state index >= 15 is 0 Å². The Bertz CT molecular complexity index is 955. The number of aryl methyl sites for hydroxylation is 1. The van der Waals surface area contributed by atoms with Gasteiger partial charge in [0.1, 0.15) is 18.2 Å². The molecule has 33 heavy (non-hydrogen) atoms. The first-order valence-corrected chi connectivity index (χ1v) is 11.5. The van der Waals surface area contributed by atoms with Crippen molar-refractivity contribution in [1.29, 1.82) is 5.41 Å². The molecule has 0 aliphatic heterocycles. The van der Waals surface area contributed by atoms with Crippen molar-refractivity contribution in [3.05, 3.63) is 29.8 Å². The SMILES string of the molecule is Cc1ccc(S(=O)(=O)NC(=N)NCCOC(=O)CCC(NC(=O)OC(C)(C)C)C(=O)O)cc1. The third kappa shape index (κ3) is 11.2. The standard InChI is InChI=1S/C20H30N4O8S/c1-13-5-7-14(8-6-13)33(29,30)24-18(21)22-11-12-31-16(25)10-9-15(17(26)27)23-19(28)32-20(2,3)4/h5-8,15H,9-12H2,1-4H3,(H,23,28)(H,26,27)(H3,21,22,24). The van der Waals surface area contributed by atoms with Crippen LogP contribution in [0.1, 0.15) is 39.2 Å². The summed E-state index contributed by atoms with van der Waals surface area (Å²) in [4.78, 5) is 34.8. The number of sulfonamides is 1. The van der Waals surface area contributed by atoms with Crippen LogP contribution in [-0.4, -0.2) is 62.3 Å². The minimum Gasteiger partial charge on any atom is -0.480 e. The Balaban J connectivity index is 2.36. The molecule has 1 aromatic carbocycles. The molecule has 13 heteroatoms. The summed E-state index contributed by atoms with van der Waals surface area (Å²) in [6, 6.07) is 4.74. The van der Waals surface area contributed by atoms with E-state index in [0.717, 1.165) is 5.56 Å². The molecule has 1 rings (SSSR count). The van der Waals surface area contributed by atoms with E-state index in [-0.39, 0.29) is 30.9 Å². The molecule has 0 aliphatic rings. The van der Waals surface area contributed by atoms with Crippen molar-refractivity contribution >= 4 is 34.0 Å². The van der Waals surface area contributed by atoms with E-state index < -0.39 is 45.7 Å². The minimum atomic E-state index is -3.92. The largest absolute Gasteiger partial charge is 0.480 e. The van der Waals surface area contributed by atoms with Crippen molar-refractivity contribution in [2.45, 2.75) is 57.1 Å². The van der Waals surface area contributed by atoms with Crippen LogP contribution in [-0.2, 0) is 29.1 Å². The smallest absolute Gasteiger partial charge is 0.408 e. The predicted octanol–water partition coefficient (Wildman–Crippen LogP) is 1.10. The van der Waals surface area contributed by atoms with Crippen molar-refractivity contribution < 1.29 is 37.4 Å². The third-order valence-corrected chi connectivity index (χ3v) is 5.23. The predicted molar refractivity (Wildman–Crippen MR) is 118 cm³/mol. The molecule has 0 saturated carbocycles. The summed E-state index contributed by atoms with van der Waals surface area (Å²) in [5.74, 6) is -2.55. The van der Waals surface area contributed by atoms with E-state index in [2.05, 4.69) is 15.4 Å². The molecule has 0 saturated heterocycles. The number of carboxylic acid groups (broad SMARTS) is 1. The maximum Gasteiger partial charge on any atom is 0.408 e. The second-order valence-electron chi connectivity index (χ2n) is 8.02. The lowest BCUT2D eigenvalue weighted by molar-refractivity contribution is -0.144. The zero-order chi connectivity index (χ0) is 25.2. The van der Waals surface area contributed by atoms with Gasteiger partial charge in [0, 0.05) is 6.42 Å². The number of hydrogen-bond donors (Lipinski definition) is 5. The molecule has 1 aromatic rings. The van der Waals surface area contributed by atoms with Gasteiger partial charge in [-0.05, 0) is 46.2 Å². The Morgan fingerprint density at radius 3 is 2.30 bits per heavy atom. The molecule has 0 heterocycles. The molecule has 5 N–H and O–H groups in total. The maximum atomic E-state index is 12.2. The van der Waals surface area contributed by atoms with Gasteiger partial charge in [0.15, 0.2) is 0 Å². The molecule has 0 spiro atoms. The number of aliphatic carboxylic acids is 1. The van der Waals surface area contributed by atoms with Gasteiger partial charge in [-0.25, -0.2) is 22.7 Å². The summed E-state index contributed by atoms with van der Waals surface area (Å²) >= 11 is 0. The highest BCUT2D eigenvalue weighted by Gasteiger charge is 2.24. The van der Waals surface area contributed by atoms with E-state index in [9.17, 15) is 27.9 Å². The minimum absolute atomic E-state index is 0.000876. The molecule has 0 fully saturated rings. The fourth-order valence-corrected chi connectivity index (χ4v) is 3.28. The highest BCUT2D eigenvalue weighted by Crippen LogP contribution is 2.10. The van der Waals surface area contributed by atoms with Crippen LogP contribution in [0.15, 0.2) is 29.2 Å². The normalized spacial score (nSPS) is 12.2. The number of nitrogens with one attached hydrogen (secondary N) is 4. The van der Waals surface area contributed by atoms with Crippen molar-refractivity contribution in [1.82, 2.24) is 15.4 Å². The lowest BCUT2D eigenvalue weighted by atomic mass is 10.1. The number of carbonyl (C=O) groups is 3. The number of guanidine groups is 1. The van der Waals surface area contributed by atoms with Crippen LogP contribution in [0.5, 0.6) is 0 Å². The Morgan fingerprint density at radius 2 is 1.76 bits per heavy atom. The molecular weight excluding hydrogens is 456 g/mol. The van der Waals surface area contributed by atoms with Crippen molar-refractivity contribution in [2.24, 2.45) is 0 Å². The van der Waals surface area contributed by atoms with Gasteiger partial charge in [-0.15, -0.1) is 0 Å². The highest BCUT2D eigenvalue weighted by atomic mass is 32.2. The van der Waals surface area contributed by atoms with Crippen molar-refractivity contribution in [3.8, 4) is 0 Å². The first kappa shape index (κ1) is 27.7. The summed E-state index contributed by atoms with van der Waals surface area (Å²) in [6.07, 6.45) is -1.42. The van der Waals surface area contributed by atoms with E-state index in [1.165, 1.54) is 12.1 Å². The van der Waals surface area contributed by atoms with Crippen LogP contribution in [0.3, 0.4) is 0 Å². The number of alkyl carbamates (subject to hydrolysis) is 1. The van der Waals surface area contributed by atoms with Crippen LogP contribution in [0.4, 0.5) is 4.79 Å². The van der Waals surface area contributed by atoms with Gasteiger partial charge < -0.3 is 25.2 Å². The molecule has 1 atom stereocenters. The maximum absolute atomic E-state index is 12.2. The molecular formula is C20H30N4O8S. The Labute approximate surface area is 192 Å². The number of carbonyl (C=O) groups excluding carboxylic acids is 2. The van der Waals surface area contributed by atoms with E-state index in [1.807, 2.05) is 6.92 Å². The lowest BCUT2D eigenvalue weighted by Gasteiger charge is -2.21. The highest BCUT2D eigenvalue weighted by molar-refractivity contribution is 7.90. The van der Waals surface area contributed by atoms with E-state index in [0.29, 0.717) is 0 Å². The van der Waals surface area contributed by atoms with Crippen LogP contribution in [0.2, 0.25) is 0 Å². The molecule has 0 aliphatic carbocycles. The van der Waals surface area contributed by atoms with Gasteiger partial charge >= 0.3 is 18.0 Å². The second-order valence-corrected chi connectivity index (χ2v) is 9.70. The van der Waals surface area contributed by atoms with E-state index in [4.69, 9.17) is 14.9 Å². The fraction of sp³-hybridized carbons (Fsp3) is 0.500. The second kappa shape index (κ2) is 12.0. The summed E-state index contributed by atoms with van der Waals surface area (Å²) in [7, 11) is -3.92. The monoisotopic (exact) mass is 486 g/mol. The first-order chi connectivity index (χ1) is 15.2. The zero-order valence-corrected chi connectivity index (χ0v) is 19.7. The van der Waals surface area contributed by atoms with Gasteiger partial charge in [0.25, 0.3) is 10.0 Å². The number of rotatable bonds is 10. The third-order valence-electron chi connectivity index (χ3n) is 3.86. The summed E-state index contributed by atoms with van der Waals surface area (Å²) in [6.45, 7) is 6.45. The topological polar surface area (TPSA) is 184 Å². The van der Waals surface area contributed by atoms with Crippen molar-refractivity contribution in [2.75, 3.05) is 13.2 Å². The number of hydrogen-bond acceptors (Lipinski definition) is 8. The van der Waals surface area contributed by atoms with Crippen LogP contribution in [0.25, 0.3) is 0 Å². The number of esters is 1. The molecule has 12 nitrogen and oxygen atoms in total. The quantitative estimate of drug-likeness (QED) is 0.140. The van der Waals surface area contributed by atoms with Crippen molar-refractivity contribution in [3.63, 3.8) is 0 Å². The Morgan fingerprint density at radius 1 is 1.15 bits per heavy atom. The number of carboxylic acids is 1. The Hall–Kier alpha value is -3.35. The summed E-state index contributed by atoms with van der Waals surface area (Å²) in [5.41, 5.74) is 0.0838. The van der Waals surface area contributed by atoms with Crippen LogP contribution in [0, 0.1) is 12.3 Å². The molecule has 1 unspecified atom stereocenters. The summed E-state index contributed by atoms with van der Waals surface area (Å²) < 4.78 is 36.3. The molecule has 0 aromatic heterocycles. The van der Waals surface area contributed by atoms with Gasteiger partial charge in [0.2, 0.25) is 5.96 Å². The number of amides is 1. The lowest BCUT2D eigenvalue weighted by Crippen LogP contribution is -2.43. The van der Waals surface area contributed by atoms with Gasteiger partial charge in [-0.3, -0.25) is 10.2 Å².